The summed E-state index contributed by atoms with van der Waals surface area (Å²) in [7, 11) is -1.11. The van der Waals surface area contributed by atoms with Crippen molar-refractivity contribution in [2.24, 2.45) is 0 Å². The van der Waals surface area contributed by atoms with Gasteiger partial charge in [0.05, 0.1) is 12.7 Å². The first kappa shape index (κ1) is 26.2. The molecule has 1 saturated heterocycles. The summed E-state index contributed by atoms with van der Waals surface area (Å²) in [6.45, 7) is 15.8. The predicted molar refractivity (Wildman–Crippen MR) is 137 cm³/mol. The van der Waals surface area contributed by atoms with E-state index in [1.165, 1.54) is 0 Å². The number of ether oxygens (including phenoxy) is 3. The average Bonchev–Trinajstić information content (AvgIpc) is 3.04. The predicted octanol–water partition coefficient (Wildman–Crippen LogP) is 6.03. The highest BCUT2D eigenvalue weighted by Gasteiger charge is 2.27. The maximum Gasteiger partial charge on any atom is 0.410 e. The third kappa shape index (κ3) is 7.80. The lowest BCUT2D eigenvalue weighted by atomic mass is 10.1. The van der Waals surface area contributed by atoms with Gasteiger partial charge in [-0.1, -0.05) is 19.6 Å². The molecule has 1 aliphatic rings. The molecular formula is C24H38BrN3O4Si. The summed E-state index contributed by atoms with van der Waals surface area (Å²) >= 11 is 3.70. The molecule has 0 atom stereocenters. The zero-order valence-electron chi connectivity index (χ0n) is 20.8. The SMILES string of the molecule is CC(C)(C)OC(=O)N1CCC(OCc2ccnc3c2c(Br)cn3COCC[Si](C)(C)C)CC1. The summed E-state index contributed by atoms with van der Waals surface area (Å²) in [4.78, 5) is 18.6. The van der Waals surface area contributed by atoms with Crippen LogP contribution in [0, 0.1) is 0 Å². The number of fused-ring (bicyclic) bond motifs is 1. The minimum Gasteiger partial charge on any atom is -0.444 e. The fraction of sp³-hybridized carbons (Fsp3) is 0.667. The van der Waals surface area contributed by atoms with Crippen LogP contribution >= 0.6 is 15.9 Å². The summed E-state index contributed by atoms with van der Waals surface area (Å²) < 4.78 is 20.7. The molecule has 9 heteroatoms. The Morgan fingerprint density at radius 3 is 2.58 bits per heavy atom. The van der Waals surface area contributed by atoms with Crippen LogP contribution in [0.15, 0.2) is 22.9 Å². The van der Waals surface area contributed by atoms with Crippen molar-refractivity contribution in [2.75, 3.05) is 19.7 Å². The largest absolute Gasteiger partial charge is 0.444 e. The molecule has 3 heterocycles. The Kier molecular flexibility index (Phi) is 8.64. The molecule has 0 aliphatic carbocycles. The number of pyridine rings is 1. The maximum absolute atomic E-state index is 12.3. The van der Waals surface area contributed by atoms with Crippen LogP contribution in [0.25, 0.3) is 11.0 Å². The Morgan fingerprint density at radius 1 is 1.24 bits per heavy atom. The first-order chi connectivity index (χ1) is 15.4. The van der Waals surface area contributed by atoms with E-state index in [9.17, 15) is 4.79 Å². The number of nitrogens with zero attached hydrogens (tertiary/aromatic N) is 3. The van der Waals surface area contributed by atoms with Crippen LogP contribution in [-0.2, 0) is 27.5 Å². The molecule has 0 bridgehead atoms. The van der Waals surface area contributed by atoms with Gasteiger partial charge in [-0.25, -0.2) is 9.78 Å². The van der Waals surface area contributed by atoms with E-state index in [2.05, 4.69) is 40.6 Å². The van der Waals surface area contributed by atoms with Crippen molar-refractivity contribution >= 4 is 41.1 Å². The molecule has 0 unspecified atom stereocenters. The fourth-order valence-corrected chi connectivity index (χ4v) is 5.16. The Labute approximate surface area is 206 Å². The molecule has 1 fully saturated rings. The summed E-state index contributed by atoms with van der Waals surface area (Å²) in [6.07, 6.45) is 5.36. The van der Waals surface area contributed by atoms with E-state index in [-0.39, 0.29) is 12.2 Å². The van der Waals surface area contributed by atoms with Gasteiger partial charge >= 0.3 is 6.09 Å². The fourth-order valence-electron chi connectivity index (χ4n) is 3.73. The summed E-state index contributed by atoms with van der Waals surface area (Å²) in [5, 5.41) is 1.07. The zero-order chi connectivity index (χ0) is 24.2. The van der Waals surface area contributed by atoms with Gasteiger partial charge in [0, 0.05) is 50.0 Å². The second-order valence-corrected chi connectivity index (χ2v) is 17.4. The highest BCUT2D eigenvalue weighted by atomic mass is 79.9. The molecule has 184 valence electrons. The molecule has 1 amide bonds. The molecule has 33 heavy (non-hydrogen) atoms. The lowest BCUT2D eigenvalue weighted by Crippen LogP contribution is -2.43. The Hall–Kier alpha value is -1.42. The average molecular weight is 541 g/mol. The van der Waals surface area contributed by atoms with E-state index in [0.29, 0.717) is 26.4 Å². The number of halogens is 1. The van der Waals surface area contributed by atoms with E-state index in [4.69, 9.17) is 14.2 Å². The van der Waals surface area contributed by atoms with Crippen LogP contribution in [0.4, 0.5) is 4.79 Å². The molecule has 0 aromatic carbocycles. The van der Waals surface area contributed by atoms with Crippen molar-refractivity contribution in [1.29, 1.82) is 0 Å². The summed E-state index contributed by atoms with van der Waals surface area (Å²) in [5.41, 5.74) is 1.53. The second kappa shape index (κ2) is 10.9. The third-order valence-corrected chi connectivity index (χ3v) is 7.90. The van der Waals surface area contributed by atoms with Gasteiger partial charge < -0.3 is 23.7 Å². The quantitative estimate of drug-likeness (QED) is 0.302. The summed E-state index contributed by atoms with van der Waals surface area (Å²) in [5.74, 6) is 0. The van der Waals surface area contributed by atoms with E-state index >= 15 is 0 Å². The van der Waals surface area contributed by atoms with Crippen LogP contribution in [0.2, 0.25) is 25.7 Å². The number of piperidine rings is 1. The normalized spacial score (nSPS) is 15.9. The Bertz CT molecular complexity index is 944. The molecular weight excluding hydrogens is 502 g/mol. The lowest BCUT2D eigenvalue weighted by molar-refractivity contribution is -0.0168. The molecule has 7 nitrogen and oxygen atoms in total. The number of likely N-dealkylation sites (tertiary alicyclic amines) is 1. The van der Waals surface area contributed by atoms with Gasteiger partial charge in [-0.05, 0) is 67.2 Å². The van der Waals surface area contributed by atoms with Crippen molar-refractivity contribution in [1.82, 2.24) is 14.5 Å². The zero-order valence-corrected chi connectivity index (χ0v) is 23.4. The number of carbonyl (C=O) groups is 1. The lowest BCUT2D eigenvalue weighted by Gasteiger charge is -2.33. The Morgan fingerprint density at radius 2 is 1.94 bits per heavy atom. The standard InChI is InChI=1S/C24H38BrN3O4Si/c1-24(2,3)32-23(29)27-11-8-19(9-12-27)31-16-18-7-10-26-22-21(18)20(25)15-28(22)17-30-13-14-33(4,5)6/h7,10,15,19H,8-9,11-14,16-17H2,1-6H3. The van der Waals surface area contributed by atoms with Gasteiger partial charge in [-0.15, -0.1) is 0 Å². The highest BCUT2D eigenvalue weighted by Crippen LogP contribution is 2.29. The number of hydrogen-bond donors (Lipinski definition) is 0. The third-order valence-electron chi connectivity index (χ3n) is 5.59. The van der Waals surface area contributed by atoms with Gasteiger partial charge in [0.1, 0.15) is 18.0 Å². The molecule has 2 aromatic heterocycles. The summed E-state index contributed by atoms with van der Waals surface area (Å²) in [6, 6.07) is 3.16. The number of carbonyl (C=O) groups excluding carboxylic acids is 1. The topological polar surface area (TPSA) is 65.8 Å². The van der Waals surface area contributed by atoms with Crippen LogP contribution in [0.1, 0.15) is 39.2 Å². The molecule has 0 spiro atoms. The van der Waals surface area contributed by atoms with E-state index in [1.54, 1.807) is 4.90 Å². The molecule has 0 N–H and O–H groups in total. The second-order valence-electron chi connectivity index (χ2n) is 10.9. The number of aromatic nitrogens is 2. The first-order valence-electron chi connectivity index (χ1n) is 11.7. The molecule has 1 aliphatic heterocycles. The first-order valence-corrected chi connectivity index (χ1v) is 16.2. The molecule has 0 saturated carbocycles. The van der Waals surface area contributed by atoms with Crippen molar-refractivity contribution < 1.29 is 19.0 Å². The van der Waals surface area contributed by atoms with E-state index in [0.717, 1.165) is 46.6 Å². The van der Waals surface area contributed by atoms with Crippen molar-refractivity contribution in [3.8, 4) is 0 Å². The monoisotopic (exact) mass is 539 g/mol. The molecule has 2 aromatic rings. The minimum atomic E-state index is -1.11. The van der Waals surface area contributed by atoms with E-state index in [1.807, 2.05) is 43.8 Å². The molecule has 0 radical (unpaired) electrons. The van der Waals surface area contributed by atoms with Crippen LogP contribution in [0.5, 0.6) is 0 Å². The smallest absolute Gasteiger partial charge is 0.410 e. The van der Waals surface area contributed by atoms with Crippen LogP contribution < -0.4 is 0 Å². The van der Waals surface area contributed by atoms with Crippen molar-refractivity contribution in [3.05, 3.63) is 28.5 Å². The number of hydrogen-bond acceptors (Lipinski definition) is 5. The van der Waals surface area contributed by atoms with Gasteiger partial charge in [-0.2, -0.15) is 0 Å². The van der Waals surface area contributed by atoms with Gasteiger partial charge in [0.15, 0.2) is 0 Å². The van der Waals surface area contributed by atoms with Crippen LogP contribution in [0.3, 0.4) is 0 Å². The highest BCUT2D eigenvalue weighted by molar-refractivity contribution is 9.10. The van der Waals surface area contributed by atoms with Gasteiger partial charge in [-0.3, -0.25) is 0 Å². The number of amides is 1. The van der Waals surface area contributed by atoms with Gasteiger partial charge in [0.2, 0.25) is 0 Å². The minimum absolute atomic E-state index is 0.123. The van der Waals surface area contributed by atoms with Crippen molar-refractivity contribution in [3.63, 3.8) is 0 Å². The number of rotatable bonds is 8. The van der Waals surface area contributed by atoms with E-state index < -0.39 is 13.7 Å². The Balaban J connectivity index is 1.55. The van der Waals surface area contributed by atoms with Crippen LogP contribution in [-0.4, -0.2) is 60.0 Å². The maximum atomic E-state index is 12.3. The van der Waals surface area contributed by atoms with Crippen molar-refractivity contribution in [2.45, 2.75) is 84.3 Å². The van der Waals surface area contributed by atoms with Gasteiger partial charge in [0.25, 0.3) is 0 Å². The molecule has 3 rings (SSSR count).